The molecule has 0 atom stereocenters. The average Bonchev–Trinajstić information content (AvgIpc) is 2.65. The quantitative estimate of drug-likeness (QED) is 0.823. The van der Waals surface area contributed by atoms with Crippen LogP contribution in [0.15, 0.2) is 24.3 Å². The van der Waals surface area contributed by atoms with E-state index < -0.39 is 11.4 Å². The van der Waals surface area contributed by atoms with Gasteiger partial charge in [0, 0.05) is 17.1 Å². The highest BCUT2D eigenvalue weighted by Gasteiger charge is 2.40. The summed E-state index contributed by atoms with van der Waals surface area (Å²) >= 11 is 5.87. The van der Waals surface area contributed by atoms with Crippen LogP contribution in [0.1, 0.15) is 44.9 Å². The third-order valence-corrected chi connectivity index (χ3v) is 4.36. The Bertz CT molecular complexity index is 522. The van der Waals surface area contributed by atoms with Crippen molar-refractivity contribution in [3.8, 4) is 0 Å². The zero-order valence-corrected chi connectivity index (χ0v) is 12.7. The second-order valence-corrected chi connectivity index (χ2v) is 6.17. The first-order valence-electron chi connectivity index (χ1n) is 7.31. The Morgan fingerprint density at radius 2 is 1.86 bits per heavy atom. The van der Waals surface area contributed by atoms with E-state index in [-0.39, 0.29) is 12.3 Å². The van der Waals surface area contributed by atoms with Crippen LogP contribution in [-0.4, -0.2) is 17.0 Å². The van der Waals surface area contributed by atoms with E-state index in [1.807, 2.05) is 0 Å². The fourth-order valence-corrected chi connectivity index (χ4v) is 3.14. The minimum Gasteiger partial charge on any atom is -0.481 e. The Morgan fingerprint density at radius 1 is 1.19 bits per heavy atom. The van der Waals surface area contributed by atoms with Crippen molar-refractivity contribution in [3.05, 3.63) is 29.3 Å². The molecule has 1 amide bonds. The van der Waals surface area contributed by atoms with Crippen LogP contribution < -0.4 is 5.32 Å². The van der Waals surface area contributed by atoms with Gasteiger partial charge in [0.1, 0.15) is 0 Å². The molecule has 1 fully saturated rings. The minimum absolute atomic E-state index is 0.0227. The Labute approximate surface area is 129 Å². The van der Waals surface area contributed by atoms with Gasteiger partial charge in [-0.1, -0.05) is 43.4 Å². The SMILES string of the molecule is O=C(CC1(C(=O)O)CCCCCC1)Nc1cccc(Cl)c1. The van der Waals surface area contributed by atoms with Gasteiger partial charge in [0.05, 0.1) is 5.41 Å². The number of carboxylic acid groups (broad SMARTS) is 1. The third kappa shape index (κ3) is 4.21. The van der Waals surface area contributed by atoms with Crippen molar-refractivity contribution in [2.75, 3.05) is 5.32 Å². The van der Waals surface area contributed by atoms with Gasteiger partial charge in [0.2, 0.25) is 5.91 Å². The van der Waals surface area contributed by atoms with Gasteiger partial charge in [0.15, 0.2) is 0 Å². The maximum absolute atomic E-state index is 12.2. The number of benzene rings is 1. The zero-order chi connectivity index (χ0) is 15.3. The van der Waals surface area contributed by atoms with Crippen LogP contribution in [0.3, 0.4) is 0 Å². The van der Waals surface area contributed by atoms with Crippen molar-refractivity contribution in [2.45, 2.75) is 44.9 Å². The number of hydrogen-bond donors (Lipinski definition) is 2. The number of carbonyl (C=O) groups excluding carboxylic acids is 1. The fourth-order valence-electron chi connectivity index (χ4n) is 2.95. The summed E-state index contributed by atoms with van der Waals surface area (Å²) in [6.45, 7) is 0. The summed E-state index contributed by atoms with van der Waals surface area (Å²) in [4.78, 5) is 23.9. The van der Waals surface area contributed by atoms with Gasteiger partial charge in [-0.15, -0.1) is 0 Å². The lowest BCUT2D eigenvalue weighted by atomic mass is 9.77. The number of rotatable bonds is 4. The van der Waals surface area contributed by atoms with Crippen molar-refractivity contribution < 1.29 is 14.7 Å². The maximum Gasteiger partial charge on any atom is 0.310 e. The van der Waals surface area contributed by atoms with Crippen molar-refractivity contribution in [3.63, 3.8) is 0 Å². The molecule has 114 valence electrons. The first kappa shape index (κ1) is 15.8. The van der Waals surface area contributed by atoms with E-state index >= 15 is 0 Å². The fraction of sp³-hybridized carbons (Fsp3) is 0.500. The summed E-state index contributed by atoms with van der Waals surface area (Å²) in [5, 5.41) is 12.9. The molecule has 21 heavy (non-hydrogen) atoms. The van der Waals surface area contributed by atoms with E-state index in [0.717, 1.165) is 25.7 Å². The number of aliphatic carboxylic acids is 1. The molecule has 0 unspecified atom stereocenters. The van der Waals surface area contributed by atoms with Crippen LogP contribution in [0.5, 0.6) is 0 Å². The molecule has 4 nitrogen and oxygen atoms in total. The molecule has 0 aromatic heterocycles. The Morgan fingerprint density at radius 3 is 2.43 bits per heavy atom. The number of anilines is 1. The predicted molar refractivity (Wildman–Crippen MR) is 82.5 cm³/mol. The predicted octanol–water partition coefficient (Wildman–Crippen LogP) is 4.09. The second-order valence-electron chi connectivity index (χ2n) is 5.73. The van der Waals surface area contributed by atoms with E-state index in [1.54, 1.807) is 24.3 Å². The van der Waals surface area contributed by atoms with E-state index in [9.17, 15) is 14.7 Å². The molecule has 0 heterocycles. The van der Waals surface area contributed by atoms with Crippen LogP contribution >= 0.6 is 11.6 Å². The molecule has 2 N–H and O–H groups in total. The van der Waals surface area contributed by atoms with Crippen molar-refractivity contribution >= 4 is 29.2 Å². The first-order chi connectivity index (χ1) is 10.0. The molecule has 1 aliphatic rings. The van der Waals surface area contributed by atoms with Gasteiger partial charge in [0.25, 0.3) is 0 Å². The summed E-state index contributed by atoms with van der Waals surface area (Å²) in [5.41, 5.74) is -0.319. The second kappa shape index (κ2) is 6.94. The van der Waals surface area contributed by atoms with Gasteiger partial charge in [-0.05, 0) is 31.0 Å². The highest BCUT2D eigenvalue weighted by molar-refractivity contribution is 6.30. The summed E-state index contributed by atoms with van der Waals surface area (Å²) in [7, 11) is 0. The van der Waals surface area contributed by atoms with Gasteiger partial charge in [-0.25, -0.2) is 0 Å². The van der Waals surface area contributed by atoms with Crippen molar-refractivity contribution in [1.82, 2.24) is 0 Å². The van der Waals surface area contributed by atoms with Gasteiger partial charge >= 0.3 is 5.97 Å². The van der Waals surface area contributed by atoms with Crippen LogP contribution in [0.25, 0.3) is 0 Å². The highest BCUT2D eigenvalue weighted by Crippen LogP contribution is 2.38. The van der Waals surface area contributed by atoms with E-state index in [1.165, 1.54) is 0 Å². The monoisotopic (exact) mass is 309 g/mol. The maximum atomic E-state index is 12.2. The third-order valence-electron chi connectivity index (χ3n) is 4.12. The first-order valence-corrected chi connectivity index (χ1v) is 7.68. The van der Waals surface area contributed by atoms with Crippen LogP contribution in [-0.2, 0) is 9.59 Å². The smallest absolute Gasteiger partial charge is 0.310 e. The van der Waals surface area contributed by atoms with Crippen molar-refractivity contribution in [2.24, 2.45) is 5.41 Å². The molecule has 2 rings (SSSR count). The number of carbonyl (C=O) groups is 2. The molecular formula is C16H20ClNO3. The minimum atomic E-state index is -0.918. The molecule has 0 radical (unpaired) electrons. The lowest BCUT2D eigenvalue weighted by Gasteiger charge is -2.27. The van der Waals surface area contributed by atoms with Crippen molar-refractivity contribution in [1.29, 1.82) is 0 Å². The lowest BCUT2D eigenvalue weighted by Crippen LogP contribution is -2.35. The highest BCUT2D eigenvalue weighted by atomic mass is 35.5. The molecule has 1 aromatic carbocycles. The van der Waals surface area contributed by atoms with Gasteiger partial charge in [-0.3, -0.25) is 9.59 Å². The molecule has 1 aromatic rings. The van der Waals surface area contributed by atoms with Crippen LogP contribution in [0.2, 0.25) is 5.02 Å². The Balaban J connectivity index is 2.06. The Hall–Kier alpha value is -1.55. The van der Waals surface area contributed by atoms with E-state index in [2.05, 4.69) is 5.32 Å². The topological polar surface area (TPSA) is 66.4 Å². The van der Waals surface area contributed by atoms with E-state index in [0.29, 0.717) is 23.6 Å². The molecule has 0 bridgehead atoms. The summed E-state index contributed by atoms with van der Waals surface area (Å²) < 4.78 is 0. The number of halogens is 1. The molecule has 0 aliphatic heterocycles. The standard InChI is InChI=1S/C16H20ClNO3/c17-12-6-5-7-13(10-12)18-14(19)11-16(15(20)21)8-3-1-2-4-9-16/h5-7,10H,1-4,8-9,11H2,(H,18,19)(H,20,21). The van der Waals surface area contributed by atoms with E-state index in [4.69, 9.17) is 11.6 Å². The Kier molecular flexibility index (Phi) is 5.23. The van der Waals surface area contributed by atoms with Crippen LogP contribution in [0.4, 0.5) is 5.69 Å². The number of nitrogens with one attached hydrogen (secondary N) is 1. The normalized spacial score (nSPS) is 17.8. The van der Waals surface area contributed by atoms with Gasteiger partial charge < -0.3 is 10.4 Å². The molecule has 0 spiro atoms. The lowest BCUT2D eigenvalue weighted by molar-refractivity contribution is -0.152. The molecule has 5 heteroatoms. The molecule has 1 aliphatic carbocycles. The number of hydrogen-bond acceptors (Lipinski definition) is 2. The average molecular weight is 310 g/mol. The zero-order valence-electron chi connectivity index (χ0n) is 11.9. The summed E-state index contributed by atoms with van der Waals surface area (Å²) in [6.07, 6.45) is 5.01. The molecule has 0 saturated heterocycles. The summed E-state index contributed by atoms with van der Waals surface area (Å²) in [5.74, 6) is -1.12. The summed E-state index contributed by atoms with van der Waals surface area (Å²) in [6, 6.07) is 6.86. The van der Waals surface area contributed by atoms with Gasteiger partial charge in [-0.2, -0.15) is 0 Å². The largest absolute Gasteiger partial charge is 0.481 e. The molecule has 1 saturated carbocycles. The number of carboxylic acids is 1. The van der Waals surface area contributed by atoms with Crippen LogP contribution in [0, 0.1) is 5.41 Å². The number of amides is 1. The molecular weight excluding hydrogens is 290 g/mol.